The van der Waals surface area contributed by atoms with Gasteiger partial charge >= 0.3 is 5.69 Å². The highest BCUT2D eigenvalue weighted by atomic mass is 79.9. The van der Waals surface area contributed by atoms with E-state index in [4.69, 9.17) is 4.74 Å². The molecule has 0 radical (unpaired) electrons. The number of halogens is 3. The summed E-state index contributed by atoms with van der Waals surface area (Å²) < 4.78 is 32.1. The number of carbonyl (C=O) groups is 1. The third-order valence-electron chi connectivity index (χ3n) is 2.59. The molecule has 0 aliphatic rings. The standard InChI is InChI=1S/C12H13BrF2N2O4/c1-21-6-7(13)4-5-16-12(18)10-8(14)2-3-9(11(10)15)17(19)20/h2-3,7H,4-6H2,1H3,(H,16,18). The monoisotopic (exact) mass is 366 g/mol. The Hall–Kier alpha value is -1.61. The summed E-state index contributed by atoms with van der Waals surface area (Å²) in [5, 5.41) is 12.9. The number of hydrogen-bond acceptors (Lipinski definition) is 4. The van der Waals surface area contributed by atoms with Crippen LogP contribution in [0.3, 0.4) is 0 Å². The van der Waals surface area contributed by atoms with Gasteiger partial charge in [-0.25, -0.2) is 4.39 Å². The first-order valence-electron chi connectivity index (χ1n) is 5.92. The molecule has 0 bridgehead atoms. The zero-order valence-electron chi connectivity index (χ0n) is 11.1. The highest BCUT2D eigenvalue weighted by molar-refractivity contribution is 9.09. The van der Waals surface area contributed by atoms with Crippen LogP contribution in [0.15, 0.2) is 12.1 Å². The lowest BCUT2D eigenvalue weighted by Gasteiger charge is -2.10. The molecule has 1 N–H and O–H groups in total. The maximum absolute atomic E-state index is 13.8. The minimum absolute atomic E-state index is 0.0254. The summed E-state index contributed by atoms with van der Waals surface area (Å²) in [6.07, 6.45) is 0.470. The van der Waals surface area contributed by atoms with Gasteiger partial charge in [0.05, 0.1) is 11.5 Å². The zero-order chi connectivity index (χ0) is 16.0. The minimum Gasteiger partial charge on any atom is -0.384 e. The van der Waals surface area contributed by atoms with Crippen molar-refractivity contribution in [3.8, 4) is 0 Å². The second kappa shape index (κ2) is 7.99. The molecule has 1 atom stereocenters. The Labute approximate surface area is 127 Å². The van der Waals surface area contributed by atoms with Gasteiger partial charge in [0.15, 0.2) is 0 Å². The van der Waals surface area contributed by atoms with Crippen LogP contribution in [-0.4, -0.2) is 35.9 Å². The van der Waals surface area contributed by atoms with E-state index in [0.717, 1.165) is 0 Å². The maximum Gasteiger partial charge on any atom is 0.305 e. The van der Waals surface area contributed by atoms with Crippen molar-refractivity contribution in [1.29, 1.82) is 0 Å². The summed E-state index contributed by atoms with van der Waals surface area (Å²) >= 11 is 3.29. The molecule has 1 aromatic rings. The van der Waals surface area contributed by atoms with E-state index >= 15 is 0 Å². The third kappa shape index (κ3) is 4.71. The molecule has 0 aromatic heterocycles. The van der Waals surface area contributed by atoms with E-state index in [1.165, 1.54) is 7.11 Å². The number of nitro benzene ring substituents is 1. The number of benzene rings is 1. The van der Waals surface area contributed by atoms with Gasteiger partial charge in [0.2, 0.25) is 5.82 Å². The zero-order valence-corrected chi connectivity index (χ0v) is 12.7. The fraction of sp³-hybridized carbons (Fsp3) is 0.417. The van der Waals surface area contributed by atoms with Gasteiger partial charge in [0.1, 0.15) is 11.4 Å². The molecule has 1 unspecified atom stereocenters. The van der Waals surface area contributed by atoms with Gasteiger partial charge in [-0.05, 0) is 12.5 Å². The van der Waals surface area contributed by atoms with E-state index in [-0.39, 0.29) is 11.4 Å². The van der Waals surface area contributed by atoms with E-state index in [1.807, 2.05) is 0 Å². The van der Waals surface area contributed by atoms with Crippen molar-refractivity contribution in [3.05, 3.63) is 39.4 Å². The van der Waals surface area contributed by atoms with E-state index in [2.05, 4.69) is 21.2 Å². The molecule has 116 valence electrons. The Morgan fingerprint density at radius 2 is 2.19 bits per heavy atom. The van der Waals surface area contributed by atoms with Crippen molar-refractivity contribution in [3.63, 3.8) is 0 Å². The van der Waals surface area contributed by atoms with Crippen LogP contribution >= 0.6 is 15.9 Å². The van der Waals surface area contributed by atoms with E-state index in [9.17, 15) is 23.7 Å². The Bertz CT molecular complexity index is 542. The molecular formula is C12H13BrF2N2O4. The molecule has 0 spiro atoms. The van der Waals surface area contributed by atoms with Crippen molar-refractivity contribution >= 4 is 27.5 Å². The maximum atomic E-state index is 13.8. The van der Waals surface area contributed by atoms with Crippen LogP contribution in [0.5, 0.6) is 0 Å². The van der Waals surface area contributed by atoms with Crippen molar-refractivity contribution in [2.24, 2.45) is 0 Å². The molecule has 0 fully saturated rings. The quantitative estimate of drug-likeness (QED) is 0.456. The Morgan fingerprint density at radius 3 is 2.76 bits per heavy atom. The number of nitrogens with zero attached hydrogens (tertiary/aromatic N) is 1. The smallest absolute Gasteiger partial charge is 0.305 e. The molecule has 0 heterocycles. The first-order valence-corrected chi connectivity index (χ1v) is 6.83. The van der Waals surface area contributed by atoms with Gasteiger partial charge in [-0.1, -0.05) is 15.9 Å². The molecule has 0 aliphatic heterocycles. The molecule has 6 nitrogen and oxygen atoms in total. The first-order chi connectivity index (χ1) is 9.88. The summed E-state index contributed by atoms with van der Waals surface area (Å²) in [6, 6.07) is 1.36. The van der Waals surface area contributed by atoms with Gasteiger partial charge in [-0.15, -0.1) is 0 Å². The van der Waals surface area contributed by atoms with Gasteiger partial charge in [-0.2, -0.15) is 4.39 Å². The third-order valence-corrected chi connectivity index (χ3v) is 3.31. The fourth-order valence-corrected chi connectivity index (χ4v) is 2.08. The minimum atomic E-state index is -1.48. The van der Waals surface area contributed by atoms with Crippen molar-refractivity contribution < 1.29 is 23.2 Å². The fourth-order valence-electron chi connectivity index (χ4n) is 1.59. The van der Waals surface area contributed by atoms with Crippen molar-refractivity contribution in [2.45, 2.75) is 11.2 Å². The molecule has 1 aromatic carbocycles. The van der Waals surface area contributed by atoms with E-state index in [0.29, 0.717) is 25.2 Å². The average molecular weight is 367 g/mol. The highest BCUT2D eigenvalue weighted by Crippen LogP contribution is 2.22. The number of amides is 1. The number of alkyl halides is 1. The summed E-state index contributed by atoms with van der Waals surface area (Å²) in [5.74, 6) is -3.67. The lowest BCUT2D eigenvalue weighted by atomic mass is 10.1. The summed E-state index contributed by atoms with van der Waals surface area (Å²) in [4.78, 5) is 21.3. The largest absolute Gasteiger partial charge is 0.384 e. The molecule has 0 saturated carbocycles. The number of hydrogen-bond donors (Lipinski definition) is 1. The lowest BCUT2D eigenvalue weighted by molar-refractivity contribution is -0.387. The predicted molar refractivity (Wildman–Crippen MR) is 74.6 cm³/mol. The van der Waals surface area contributed by atoms with Gasteiger partial charge in [0.25, 0.3) is 5.91 Å². The van der Waals surface area contributed by atoms with E-state index < -0.39 is 33.7 Å². The van der Waals surface area contributed by atoms with Crippen LogP contribution in [0.4, 0.5) is 14.5 Å². The molecule has 0 aliphatic carbocycles. The summed E-state index contributed by atoms with van der Waals surface area (Å²) in [7, 11) is 1.51. The first kappa shape index (κ1) is 17.4. The van der Waals surface area contributed by atoms with Gasteiger partial charge in [-0.3, -0.25) is 14.9 Å². The number of rotatable bonds is 7. The van der Waals surface area contributed by atoms with Crippen LogP contribution in [0.25, 0.3) is 0 Å². The van der Waals surface area contributed by atoms with Crippen LogP contribution in [-0.2, 0) is 4.74 Å². The van der Waals surface area contributed by atoms with Crippen LogP contribution in [0.1, 0.15) is 16.8 Å². The molecule has 9 heteroatoms. The number of carbonyl (C=O) groups excluding carboxylic acids is 1. The Balaban J connectivity index is 2.78. The summed E-state index contributed by atoms with van der Waals surface area (Å²) in [6.45, 7) is 0.551. The lowest BCUT2D eigenvalue weighted by Crippen LogP contribution is -2.28. The van der Waals surface area contributed by atoms with Crippen molar-refractivity contribution in [2.75, 3.05) is 20.3 Å². The van der Waals surface area contributed by atoms with Gasteiger partial charge < -0.3 is 10.1 Å². The Kier molecular flexibility index (Phi) is 6.63. The molecular weight excluding hydrogens is 354 g/mol. The highest BCUT2D eigenvalue weighted by Gasteiger charge is 2.26. The molecule has 1 rings (SSSR count). The number of nitro groups is 1. The average Bonchev–Trinajstić information content (AvgIpc) is 2.38. The Morgan fingerprint density at radius 1 is 1.52 bits per heavy atom. The molecule has 21 heavy (non-hydrogen) atoms. The number of ether oxygens (including phenoxy) is 1. The second-order valence-corrected chi connectivity index (χ2v) is 5.40. The van der Waals surface area contributed by atoms with Crippen LogP contribution in [0.2, 0.25) is 0 Å². The number of nitrogens with one attached hydrogen (secondary N) is 1. The number of methoxy groups -OCH3 is 1. The molecule has 1 amide bonds. The van der Waals surface area contributed by atoms with E-state index in [1.54, 1.807) is 0 Å². The molecule has 0 saturated heterocycles. The summed E-state index contributed by atoms with van der Waals surface area (Å²) in [5.41, 5.74) is -1.90. The topological polar surface area (TPSA) is 81.5 Å². The predicted octanol–water partition coefficient (Wildman–Crippen LogP) is 2.40. The second-order valence-electron chi connectivity index (χ2n) is 4.11. The normalized spacial score (nSPS) is 12.0. The SMILES string of the molecule is COCC(Br)CCNC(=O)c1c(F)ccc([N+](=O)[O-])c1F. The van der Waals surface area contributed by atoms with Crippen LogP contribution < -0.4 is 5.32 Å². The van der Waals surface area contributed by atoms with Gasteiger partial charge in [0, 0.05) is 24.5 Å². The van der Waals surface area contributed by atoms with Crippen molar-refractivity contribution in [1.82, 2.24) is 5.32 Å². The van der Waals surface area contributed by atoms with Crippen LogP contribution in [0, 0.1) is 21.7 Å².